The van der Waals surface area contributed by atoms with E-state index in [9.17, 15) is 23.3 Å². The Kier molecular flexibility index (Phi) is 8.01. The van der Waals surface area contributed by atoms with Crippen LogP contribution >= 0.6 is 22.9 Å². The number of nitro groups is 1. The molecule has 0 radical (unpaired) electrons. The first kappa shape index (κ1) is 25.0. The van der Waals surface area contributed by atoms with Crippen LogP contribution in [0.4, 0.5) is 10.8 Å². The molecule has 1 amide bonds. The van der Waals surface area contributed by atoms with Gasteiger partial charge in [-0.2, -0.15) is 0 Å². The Bertz CT molecular complexity index is 1260. The van der Waals surface area contributed by atoms with Crippen LogP contribution in [0, 0.1) is 10.1 Å². The number of hydrogen-bond donors (Lipinski definition) is 0. The Balaban J connectivity index is 1.74. The number of thiazole rings is 1. The topological polar surface area (TPSA) is 114 Å². The fourth-order valence-electron chi connectivity index (χ4n) is 3.07. The van der Waals surface area contributed by atoms with E-state index in [-0.39, 0.29) is 35.1 Å². The van der Waals surface area contributed by atoms with Crippen LogP contribution in [0.1, 0.15) is 12.8 Å². The van der Waals surface area contributed by atoms with Gasteiger partial charge in [0.25, 0.3) is 5.69 Å². The summed E-state index contributed by atoms with van der Waals surface area (Å²) in [6.07, 6.45) is 0.176. The molecular formula is C21H23ClN4O5S2. The summed E-state index contributed by atoms with van der Waals surface area (Å²) in [4.78, 5) is 31.7. The van der Waals surface area contributed by atoms with Crippen LogP contribution in [0.2, 0.25) is 5.02 Å². The van der Waals surface area contributed by atoms with Crippen molar-refractivity contribution < 1.29 is 18.1 Å². The van der Waals surface area contributed by atoms with E-state index in [1.165, 1.54) is 52.6 Å². The fraction of sp³-hybridized carbons (Fsp3) is 0.333. The van der Waals surface area contributed by atoms with Crippen molar-refractivity contribution in [2.45, 2.75) is 17.7 Å². The van der Waals surface area contributed by atoms with E-state index >= 15 is 0 Å². The van der Waals surface area contributed by atoms with Gasteiger partial charge in [0.15, 0.2) is 15.0 Å². The summed E-state index contributed by atoms with van der Waals surface area (Å²) < 4.78 is 25.7. The Morgan fingerprint density at radius 1 is 1.15 bits per heavy atom. The first-order valence-corrected chi connectivity index (χ1v) is 12.9. The number of nitro benzene ring substituents is 1. The normalized spacial score (nSPS) is 11.8. The molecule has 0 aliphatic heterocycles. The average molecular weight is 511 g/mol. The molecule has 0 fully saturated rings. The molecule has 0 saturated carbocycles. The smallest absolute Gasteiger partial charge is 0.270 e. The number of non-ortho nitro benzene ring substituents is 1. The van der Waals surface area contributed by atoms with Crippen molar-refractivity contribution >= 4 is 59.7 Å². The molecule has 0 aliphatic rings. The van der Waals surface area contributed by atoms with Gasteiger partial charge in [-0.05, 0) is 50.8 Å². The molecule has 33 heavy (non-hydrogen) atoms. The number of likely N-dealkylation sites (N-methyl/N-ethyl adjacent to an activating group) is 1. The van der Waals surface area contributed by atoms with E-state index < -0.39 is 14.8 Å². The molecule has 1 heterocycles. The van der Waals surface area contributed by atoms with Gasteiger partial charge in [0.1, 0.15) is 0 Å². The molecule has 3 aromatic rings. The highest BCUT2D eigenvalue weighted by Crippen LogP contribution is 2.32. The number of carbonyl (C=O) groups is 1. The molecule has 176 valence electrons. The quantitative estimate of drug-likeness (QED) is 0.299. The van der Waals surface area contributed by atoms with Crippen LogP contribution in [0.3, 0.4) is 0 Å². The molecule has 0 N–H and O–H groups in total. The van der Waals surface area contributed by atoms with E-state index in [4.69, 9.17) is 11.6 Å². The lowest BCUT2D eigenvalue weighted by Gasteiger charge is -2.22. The van der Waals surface area contributed by atoms with Gasteiger partial charge in [-0.15, -0.1) is 0 Å². The zero-order chi connectivity index (χ0) is 24.2. The van der Waals surface area contributed by atoms with Crippen molar-refractivity contribution in [3.05, 3.63) is 57.6 Å². The maximum atomic E-state index is 13.0. The molecule has 0 unspecified atom stereocenters. The molecule has 0 bridgehead atoms. The minimum atomic E-state index is -3.54. The highest BCUT2D eigenvalue weighted by molar-refractivity contribution is 7.91. The number of aromatic nitrogens is 1. The second-order valence-electron chi connectivity index (χ2n) is 7.63. The summed E-state index contributed by atoms with van der Waals surface area (Å²) in [6.45, 7) is 0.933. The van der Waals surface area contributed by atoms with E-state index in [1.54, 1.807) is 6.07 Å². The summed E-state index contributed by atoms with van der Waals surface area (Å²) in [5, 5.41) is 11.9. The predicted octanol–water partition coefficient (Wildman–Crippen LogP) is 4.01. The molecule has 0 atom stereocenters. The van der Waals surface area contributed by atoms with E-state index in [0.29, 0.717) is 33.5 Å². The van der Waals surface area contributed by atoms with Gasteiger partial charge in [0.05, 0.1) is 25.8 Å². The first-order valence-electron chi connectivity index (χ1n) is 10.1. The highest BCUT2D eigenvalue weighted by Gasteiger charge is 2.22. The first-order chi connectivity index (χ1) is 15.6. The van der Waals surface area contributed by atoms with Crippen LogP contribution in [0.25, 0.3) is 10.2 Å². The third kappa shape index (κ3) is 6.47. The third-order valence-corrected chi connectivity index (χ3v) is 7.96. The number of anilines is 1. The van der Waals surface area contributed by atoms with Crippen LogP contribution < -0.4 is 4.90 Å². The Morgan fingerprint density at radius 3 is 2.48 bits per heavy atom. The SMILES string of the molecule is CN(C)CCN(C(=O)CCCS(=O)(=O)c1ccc(Cl)cc1)c1nc2ccc([N+](=O)[O-])cc2s1. The molecular weight excluding hydrogens is 488 g/mol. The van der Waals surface area contributed by atoms with E-state index in [2.05, 4.69) is 4.98 Å². The van der Waals surface area contributed by atoms with Crippen LogP contribution in [-0.2, 0) is 14.6 Å². The summed E-state index contributed by atoms with van der Waals surface area (Å²) in [6, 6.07) is 10.3. The second kappa shape index (κ2) is 10.6. The molecule has 3 rings (SSSR count). The van der Waals surface area contributed by atoms with Gasteiger partial charge in [-0.3, -0.25) is 19.8 Å². The van der Waals surface area contributed by atoms with Crippen molar-refractivity contribution in [3.8, 4) is 0 Å². The van der Waals surface area contributed by atoms with E-state index in [1.807, 2.05) is 19.0 Å². The van der Waals surface area contributed by atoms with Gasteiger partial charge < -0.3 is 4.90 Å². The van der Waals surface area contributed by atoms with Crippen molar-refractivity contribution in [3.63, 3.8) is 0 Å². The zero-order valence-corrected chi connectivity index (χ0v) is 20.5. The highest BCUT2D eigenvalue weighted by atomic mass is 35.5. The minimum absolute atomic E-state index is 0.0241. The summed E-state index contributed by atoms with van der Waals surface area (Å²) in [5.74, 6) is -0.426. The molecule has 0 spiro atoms. The van der Waals surface area contributed by atoms with Gasteiger partial charge in [0, 0.05) is 36.7 Å². The second-order valence-corrected chi connectivity index (χ2v) is 11.2. The van der Waals surface area contributed by atoms with Crippen LogP contribution in [0.15, 0.2) is 47.4 Å². The number of amides is 1. The fourth-order valence-corrected chi connectivity index (χ4v) is 5.54. The summed E-state index contributed by atoms with van der Waals surface area (Å²) >= 11 is 7.01. The lowest BCUT2D eigenvalue weighted by Crippen LogP contribution is -2.36. The zero-order valence-electron chi connectivity index (χ0n) is 18.1. The third-order valence-electron chi connectivity index (χ3n) is 4.85. The molecule has 2 aromatic carbocycles. The minimum Gasteiger partial charge on any atom is -0.308 e. The van der Waals surface area contributed by atoms with Gasteiger partial charge >= 0.3 is 0 Å². The molecule has 0 saturated heterocycles. The largest absolute Gasteiger partial charge is 0.308 e. The molecule has 12 heteroatoms. The lowest BCUT2D eigenvalue weighted by atomic mass is 10.3. The number of nitrogens with zero attached hydrogens (tertiary/aromatic N) is 4. The van der Waals surface area contributed by atoms with Crippen molar-refractivity contribution in [1.82, 2.24) is 9.88 Å². The number of fused-ring (bicyclic) bond motifs is 1. The maximum absolute atomic E-state index is 13.0. The van der Waals surface area contributed by atoms with Gasteiger partial charge in [-0.25, -0.2) is 13.4 Å². The average Bonchev–Trinajstić information content (AvgIpc) is 3.16. The number of benzene rings is 2. The number of sulfone groups is 1. The Morgan fingerprint density at radius 2 is 1.85 bits per heavy atom. The molecule has 1 aromatic heterocycles. The van der Waals surface area contributed by atoms with Gasteiger partial charge in [-0.1, -0.05) is 22.9 Å². The maximum Gasteiger partial charge on any atom is 0.270 e. The van der Waals surface area contributed by atoms with E-state index in [0.717, 1.165) is 0 Å². The monoisotopic (exact) mass is 510 g/mol. The Hall–Kier alpha value is -2.60. The predicted molar refractivity (Wildman–Crippen MR) is 130 cm³/mol. The van der Waals surface area contributed by atoms with Crippen LogP contribution in [-0.4, -0.2) is 62.1 Å². The van der Waals surface area contributed by atoms with Crippen molar-refractivity contribution in [2.24, 2.45) is 0 Å². The Labute approximate surface area is 200 Å². The van der Waals surface area contributed by atoms with Crippen molar-refractivity contribution in [2.75, 3.05) is 37.8 Å². The van der Waals surface area contributed by atoms with Gasteiger partial charge in [0.2, 0.25) is 5.91 Å². The molecule has 9 nitrogen and oxygen atoms in total. The molecule has 0 aliphatic carbocycles. The standard InChI is InChI=1S/C21H23ClN4O5S2/c1-24(2)11-12-25(21-23-18-10-7-16(26(28)29)14-19(18)32-21)20(27)4-3-13-33(30,31)17-8-5-15(22)6-9-17/h5-10,14H,3-4,11-13H2,1-2H3. The number of rotatable bonds is 10. The lowest BCUT2D eigenvalue weighted by molar-refractivity contribution is -0.384. The summed E-state index contributed by atoms with van der Waals surface area (Å²) in [5.41, 5.74) is 0.518. The van der Waals surface area contributed by atoms with Crippen molar-refractivity contribution in [1.29, 1.82) is 0 Å². The number of halogens is 1. The van der Waals surface area contributed by atoms with Crippen LogP contribution in [0.5, 0.6) is 0 Å². The number of hydrogen-bond acceptors (Lipinski definition) is 8. The number of carbonyl (C=O) groups excluding carboxylic acids is 1. The summed E-state index contributed by atoms with van der Waals surface area (Å²) in [7, 11) is 0.219.